The summed E-state index contributed by atoms with van der Waals surface area (Å²) in [6.45, 7) is 13.4. The van der Waals surface area contributed by atoms with Gasteiger partial charge in [-0.15, -0.1) is 0 Å². The third-order valence-corrected chi connectivity index (χ3v) is 3.75. The molecule has 0 saturated carbocycles. The largest absolute Gasteiger partial charge is 0.303 e. The summed E-state index contributed by atoms with van der Waals surface area (Å²) in [5.74, 6) is 2.76. The molecule has 0 radical (unpaired) electrons. The van der Waals surface area contributed by atoms with Crippen LogP contribution in [-0.2, 0) is 0 Å². The van der Waals surface area contributed by atoms with Crippen molar-refractivity contribution in [3.8, 4) is 0 Å². The molecule has 0 spiro atoms. The second kappa shape index (κ2) is 5.75. The van der Waals surface area contributed by atoms with E-state index < -0.39 is 0 Å². The molecule has 1 nitrogen and oxygen atoms in total. The third-order valence-electron chi connectivity index (χ3n) is 3.75. The molecule has 0 aromatic rings. The third kappa shape index (κ3) is 3.61. The molecule has 1 heteroatoms. The van der Waals surface area contributed by atoms with Gasteiger partial charge in [-0.25, -0.2) is 0 Å². The van der Waals surface area contributed by atoms with Crippen LogP contribution in [0, 0.1) is 17.8 Å². The van der Waals surface area contributed by atoms with Crippen molar-refractivity contribution in [3.63, 3.8) is 0 Å². The standard InChI is InChI=1S/C13H27N/c1-5-13-10-14(8-6-11(2)3)9-7-12(13)4/h11-13H,5-10H2,1-4H3. The molecular weight excluding hydrogens is 170 g/mol. The quantitative estimate of drug-likeness (QED) is 0.667. The highest BCUT2D eigenvalue weighted by Crippen LogP contribution is 2.25. The summed E-state index contributed by atoms with van der Waals surface area (Å²) in [6.07, 6.45) is 4.14. The number of nitrogens with zero attached hydrogens (tertiary/aromatic N) is 1. The van der Waals surface area contributed by atoms with Crippen molar-refractivity contribution < 1.29 is 0 Å². The lowest BCUT2D eigenvalue weighted by Gasteiger charge is -2.37. The second-order valence-electron chi connectivity index (χ2n) is 5.42. The molecule has 0 aromatic heterocycles. The molecule has 1 aliphatic heterocycles. The van der Waals surface area contributed by atoms with Crippen molar-refractivity contribution in [2.24, 2.45) is 17.8 Å². The van der Waals surface area contributed by atoms with Gasteiger partial charge in [0.05, 0.1) is 0 Å². The van der Waals surface area contributed by atoms with Crippen molar-refractivity contribution in [2.45, 2.75) is 47.0 Å². The Morgan fingerprint density at radius 3 is 2.64 bits per heavy atom. The van der Waals surface area contributed by atoms with Crippen LogP contribution in [0.4, 0.5) is 0 Å². The molecule has 0 N–H and O–H groups in total. The van der Waals surface area contributed by atoms with Gasteiger partial charge in [-0.05, 0) is 43.7 Å². The smallest absolute Gasteiger partial charge is 0.00121 e. The fraction of sp³-hybridized carbons (Fsp3) is 1.00. The molecule has 14 heavy (non-hydrogen) atoms. The Morgan fingerprint density at radius 1 is 1.36 bits per heavy atom. The van der Waals surface area contributed by atoms with Crippen LogP contribution in [0.15, 0.2) is 0 Å². The van der Waals surface area contributed by atoms with E-state index >= 15 is 0 Å². The minimum absolute atomic E-state index is 0.856. The predicted molar refractivity (Wildman–Crippen MR) is 63.5 cm³/mol. The fourth-order valence-electron chi connectivity index (χ4n) is 2.40. The Morgan fingerprint density at radius 2 is 2.07 bits per heavy atom. The van der Waals surface area contributed by atoms with Gasteiger partial charge in [-0.2, -0.15) is 0 Å². The van der Waals surface area contributed by atoms with Crippen LogP contribution in [-0.4, -0.2) is 24.5 Å². The van der Waals surface area contributed by atoms with Gasteiger partial charge in [0.1, 0.15) is 0 Å². The topological polar surface area (TPSA) is 3.24 Å². The maximum absolute atomic E-state index is 2.67. The summed E-state index contributed by atoms with van der Waals surface area (Å²) < 4.78 is 0. The Balaban J connectivity index is 2.27. The van der Waals surface area contributed by atoms with Gasteiger partial charge < -0.3 is 4.90 Å². The first-order valence-electron chi connectivity index (χ1n) is 6.35. The molecule has 1 saturated heterocycles. The summed E-state index contributed by atoms with van der Waals surface area (Å²) >= 11 is 0. The van der Waals surface area contributed by atoms with Crippen molar-refractivity contribution in [2.75, 3.05) is 19.6 Å². The number of hydrogen-bond acceptors (Lipinski definition) is 1. The highest BCUT2D eigenvalue weighted by atomic mass is 15.1. The average molecular weight is 197 g/mol. The summed E-state index contributed by atoms with van der Waals surface area (Å²) in [4.78, 5) is 2.67. The van der Waals surface area contributed by atoms with Crippen LogP contribution < -0.4 is 0 Å². The lowest BCUT2D eigenvalue weighted by molar-refractivity contribution is 0.120. The van der Waals surface area contributed by atoms with Gasteiger partial charge in [0.15, 0.2) is 0 Å². The van der Waals surface area contributed by atoms with Crippen LogP contribution in [0.5, 0.6) is 0 Å². The highest BCUT2D eigenvalue weighted by Gasteiger charge is 2.24. The van der Waals surface area contributed by atoms with Gasteiger partial charge in [0.25, 0.3) is 0 Å². The highest BCUT2D eigenvalue weighted by molar-refractivity contribution is 4.77. The SMILES string of the molecule is CCC1CN(CCC(C)C)CCC1C. The molecule has 1 fully saturated rings. The Kier molecular flexibility index (Phi) is 4.94. The van der Waals surface area contributed by atoms with E-state index in [2.05, 4.69) is 32.6 Å². The Hall–Kier alpha value is -0.0400. The molecule has 1 heterocycles. The fourth-order valence-corrected chi connectivity index (χ4v) is 2.40. The maximum Gasteiger partial charge on any atom is 0.00121 e. The lowest BCUT2D eigenvalue weighted by atomic mass is 9.85. The van der Waals surface area contributed by atoms with Crippen molar-refractivity contribution >= 4 is 0 Å². The maximum atomic E-state index is 2.67. The van der Waals surface area contributed by atoms with Gasteiger partial charge in [-0.3, -0.25) is 0 Å². The first-order chi connectivity index (χ1) is 6.63. The molecular formula is C13H27N. The van der Waals surface area contributed by atoms with Crippen molar-refractivity contribution in [1.82, 2.24) is 4.90 Å². The Bertz CT molecular complexity index is 153. The molecule has 2 atom stereocenters. The van der Waals surface area contributed by atoms with E-state index in [-0.39, 0.29) is 0 Å². The molecule has 0 bridgehead atoms. The van der Waals surface area contributed by atoms with E-state index in [0.717, 1.165) is 17.8 Å². The summed E-state index contributed by atoms with van der Waals surface area (Å²) in [6, 6.07) is 0. The number of likely N-dealkylation sites (tertiary alicyclic amines) is 1. The molecule has 0 aliphatic carbocycles. The van der Waals surface area contributed by atoms with Gasteiger partial charge in [0.2, 0.25) is 0 Å². The average Bonchev–Trinajstić information content (AvgIpc) is 2.16. The van der Waals surface area contributed by atoms with E-state index in [1.54, 1.807) is 0 Å². The summed E-state index contributed by atoms with van der Waals surface area (Å²) in [5.41, 5.74) is 0. The van der Waals surface area contributed by atoms with Gasteiger partial charge in [-0.1, -0.05) is 34.1 Å². The number of piperidine rings is 1. The van der Waals surface area contributed by atoms with Crippen LogP contribution in [0.3, 0.4) is 0 Å². The molecule has 0 amide bonds. The van der Waals surface area contributed by atoms with E-state index in [1.807, 2.05) is 0 Å². The minimum atomic E-state index is 0.856. The van der Waals surface area contributed by atoms with Crippen molar-refractivity contribution in [3.05, 3.63) is 0 Å². The minimum Gasteiger partial charge on any atom is -0.303 e. The lowest BCUT2D eigenvalue weighted by Crippen LogP contribution is -2.40. The normalized spacial score (nSPS) is 29.8. The molecule has 0 aromatic carbocycles. The summed E-state index contributed by atoms with van der Waals surface area (Å²) in [7, 11) is 0. The molecule has 1 rings (SSSR count). The van der Waals surface area contributed by atoms with E-state index in [4.69, 9.17) is 0 Å². The van der Waals surface area contributed by atoms with Gasteiger partial charge >= 0.3 is 0 Å². The molecule has 1 aliphatic rings. The van der Waals surface area contributed by atoms with E-state index in [1.165, 1.54) is 38.9 Å². The van der Waals surface area contributed by atoms with E-state index in [9.17, 15) is 0 Å². The van der Waals surface area contributed by atoms with Crippen LogP contribution in [0.25, 0.3) is 0 Å². The summed E-state index contributed by atoms with van der Waals surface area (Å²) in [5, 5.41) is 0. The van der Waals surface area contributed by atoms with Gasteiger partial charge in [0, 0.05) is 6.54 Å². The zero-order chi connectivity index (χ0) is 10.6. The molecule has 2 unspecified atom stereocenters. The van der Waals surface area contributed by atoms with E-state index in [0.29, 0.717) is 0 Å². The van der Waals surface area contributed by atoms with Crippen LogP contribution >= 0.6 is 0 Å². The predicted octanol–water partition coefficient (Wildman–Crippen LogP) is 3.40. The Labute approximate surface area is 89.9 Å². The van der Waals surface area contributed by atoms with Crippen LogP contribution in [0.2, 0.25) is 0 Å². The second-order valence-corrected chi connectivity index (χ2v) is 5.42. The number of hydrogen-bond donors (Lipinski definition) is 0. The zero-order valence-electron chi connectivity index (χ0n) is 10.4. The monoisotopic (exact) mass is 197 g/mol. The molecule has 84 valence electrons. The first-order valence-corrected chi connectivity index (χ1v) is 6.35. The van der Waals surface area contributed by atoms with Crippen molar-refractivity contribution in [1.29, 1.82) is 0 Å². The van der Waals surface area contributed by atoms with Crippen LogP contribution in [0.1, 0.15) is 47.0 Å². The number of rotatable bonds is 4. The first kappa shape index (κ1) is 12.0. The zero-order valence-corrected chi connectivity index (χ0v) is 10.4.